The van der Waals surface area contributed by atoms with Crippen molar-refractivity contribution in [2.24, 2.45) is 0 Å². The average Bonchev–Trinajstić information content (AvgIpc) is 2.67. The van der Waals surface area contributed by atoms with E-state index in [4.69, 9.17) is 0 Å². The summed E-state index contributed by atoms with van der Waals surface area (Å²) < 4.78 is 0. The molecule has 120 valence electrons. The van der Waals surface area contributed by atoms with Crippen LogP contribution in [0.3, 0.4) is 0 Å². The molecule has 0 amide bonds. The van der Waals surface area contributed by atoms with Crippen molar-refractivity contribution in [2.75, 3.05) is 0 Å². The van der Waals surface area contributed by atoms with Crippen molar-refractivity contribution in [1.82, 2.24) is 4.98 Å². The Morgan fingerprint density at radius 2 is 1.56 bits per heavy atom. The van der Waals surface area contributed by atoms with Crippen LogP contribution in [0.4, 0.5) is 0 Å². The van der Waals surface area contributed by atoms with E-state index in [1.807, 2.05) is 30.3 Å². The molecule has 0 unspecified atom stereocenters. The van der Waals surface area contributed by atoms with E-state index in [-0.39, 0.29) is 17.1 Å². The minimum absolute atomic E-state index is 0.0226. The molecular weight excluding hydrogens is 310 g/mol. The van der Waals surface area contributed by atoms with Gasteiger partial charge in [0.1, 0.15) is 5.75 Å². The maximum atomic E-state index is 12.5. The van der Waals surface area contributed by atoms with Crippen LogP contribution in [-0.4, -0.2) is 15.9 Å². The van der Waals surface area contributed by atoms with Gasteiger partial charge in [0.25, 0.3) is 0 Å². The van der Waals surface area contributed by atoms with Gasteiger partial charge in [0.05, 0.1) is 11.3 Å². The van der Waals surface area contributed by atoms with Gasteiger partial charge in [-0.25, -0.2) is 0 Å². The lowest BCUT2D eigenvalue weighted by Gasteiger charge is -2.07. The number of aromatic hydroxyl groups is 1. The first-order valence-corrected chi connectivity index (χ1v) is 8.01. The molecule has 0 aliphatic heterocycles. The van der Waals surface area contributed by atoms with Gasteiger partial charge >= 0.3 is 0 Å². The summed E-state index contributed by atoms with van der Waals surface area (Å²) in [5, 5.41) is 12.1. The lowest BCUT2D eigenvalue weighted by Crippen LogP contribution is -2.02. The molecule has 1 aromatic heterocycles. The number of ketones is 1. The summed E-state index contributed by atoms with van der Waals surface area (Å²) in [6.07, 6.45) is 1.56. The molecule has 0 spiro atoms. The molecule has 25 heavy (non-hydrogen) atoms. The molecule has 3 heteroatoms. The summed E-state index contributed by atoms with van der Waals surface area (Å²) in [7, 11) is 0. The monoisotopic (exact) mass is 325 g/mol. The van der Waals surface area contributed by atoms with Gasteiger partial charge in [0, 0.05) is 17.3 Å². The summed E-state index contributed by atoms with van der Waals surface area (Å²) in [6.45, 7) is 0. The number of para-hydroxylation sites is 1. The van der Waals surface area contributed by atoms with Crippen molar-refractivity contribution in [3.05, 3.63) is 96.2 Å². The number of hydrogen-bond donors (Lipinski definition) is 1. The van der Waals surface area contributed by atoms with E-state index >= 15 is 0 Å². The van der Waals surface area contributed by atoms with Gasteiger partial charge in [-0.1, -0.05) is 54.6 Å². The third kappa shape index (κ3) is 2.76. The Balaban J connectivity index is 1.73. The fraction of sp³-hybridized carbons (Fsp3) is 0. The lowest BCUT2D eigenvalue weighted by molar-refractivity contribution is 0.103. The Morgan fingerprint density at radius 3 is 2.36 bits per heavy atom. The molecule has 1 heterocycles. The van der Waals surface area contributed by atoms with Crippen molar-refractivity contribution in [3.63, 3.8) is 0 Å². The van der Waals surface area contributed by atoms with E-state index in [2.05, 4.69) is 23.2 Å². The second kappa shape index (κ2) is 6.21. The molecule has 4 aromatic rings. The van der Waals surface area contributed by atoms with E-state index in [0.29, 0.717) is 5.56 Å². The Kier molecular flexibility index (Phi) is 3.75. The zero-order valence-electron chi connectivity index (χ0n) is 13.4. The minimum atomic E-state index is -0.241. The van der Waals surface area contributed by atoms with Crippen LogP contribution >= 0.6 is 0 Å². The maximum Gasteiger partial charge on any atom is 0.198 e. The second-order valence-corrected chi connectivity index (χ2v) is 5.81. The summed E-state index contributed by atoms with van der Waals surface area (Å²) in [5.74, 6) is -0.263. The van der Waals surface area contributed by atoms with Gasteiger partial charge in [0.15, 0.2) is 5.78 Å². The number of hydrogen-bond acceptors (Lipinski definition) is 3. The van der Waals surface area contributed by atoms with Gasteiger partial charge < -0.3 is 5.11 Å². The van der Waals surface area contributed by atoms with Gasteiger partial charge in [-0.15, -0.1) is 0 Å². The molecule has 3 nitrogen and oxygen atoms in total. The van der Waals surface area contributed by atoms with E-state index < -0.39 is 0 Å². The minimum Gasteiger partial charge on any atom is -0.507 e. The number of carbonyl (C=O) groups excluding carboxylic acids is 1. The van der Waals surface area contributed by atoms with Crippen LogP contribution in [-0.2, 0) is 0 Å². The third-order valence-corrected chi connectivity index (χ3v) is 4.24. The summed E-state index contributed by atoms with van der Waals surface area (Å²) in [6, 6.07) is 24.3. The number of nitrogens with zero attached hydrogens (tertiary/aromatic N) is 1. The van der Waals surface area contributed by atoms with Crippen LogP contribution in [0.25, 0.3) is 22.0 Å². The molecule has 0 saturated carbocycles. The highest BCUT2D eigenvalue weighted by molar-refractivity contribution is 6.10. The Labute approximate surface area is 145 Å². The molecule has 0 aliphatic rings. The Bertz CT molecular complexity index is 1060. The van der Waals surface area contributed by atoms with Gasteiger partial charge in [-0.05, 0) is 35.0 Å². The van der Waals surface area contributed by atoms with Gasteiger partial charge in [-0.3, -0.25) is 9.78 Å². The van der Waals surface area contributed by atoms with Crippen molar-refractivity contribution < 1.29 is 9.90 Å². The third-order valence-electron chi connectivity index (χ3n) is 4.24. The predicted molar refractivity (Wildman–Crippen MR) is 98.7 cm³/mol. The first kappa shape index (κ1) is 15.1. The molecule has 1 N–H and O–H groups in total. The zero-order chi connectivity index (χ0) is 17.2. The summed E-state index contributed by atoms with van der Waals surface area (Å²) >= 11 is 0. The Morgan fingerprint density at radius 1 is 0.800 bits per heavy atom. The highest BCUT2D eigenvalue weighted by Crippen LogP contribution is 2.27. The molecule has 0 aliphatic carbocycles. The Hall–Kier alpha value is -3.46. The van der Waals surface area contributed by atoms with E-state index in [9.17, 15) is 9.90 Å². The quantitative estimate of drug-likeness (QED) is 0.548. The van der Waals surface area contributed by atoms with Gasteiger partial charge in [-0.2, -0.15) is 0 Å². The normalized spacial score (nSPS) is 10.7. The fourth-order valence-corrected chi connectivity index (χ4v) is 2.96. The molecule has 0 saturated heterocycles. The lowest BCUT2D eigenvalue weighted by atomic mass is 10.00. The molecule has 0 fully saturated rings. The predicted octanol–water partition coefficient (Wildman–Crippen LogP) is 4.84. The second-order valence-electron chi connectivity index (χ2n) is 5.81. The number of benzene rings is 3. The van der Waals surface area contributed by atoms with Crippen molar-refractivity contribution in [1.29, 1.82) is 0 Å². The SMILES string of the molecule is O=C(c1ccc(-c2cccc3ccccc23)nc1)c1ccccc1O. The number of fused-ring (bicyclic) bond motifs is 1. The fourth-order valence-electron chi connectivity index (χ4n) is 2.96. The number of phenols is 1. The van der Waals surface area contributed by atoms with E-state index in [0.717, 1.165) is 22.0 Å². The van der Waals surface area contributed by atoms with Crippen LogP contribution in [0.5, 0.6) is 5.75 Å². The summed E-state index contributed by atoms with van der Waals surface area (Å²) in [5.41, 5.74) is 2.57. The van der Waals surface area contributed by atoms with Crippen LogP contribution in [0, 0.1) is 0 Å². The van der Waals surface area contributed by atoms with Gasteiger partial charge in [0.2, 0.25) is 0 Å². The first-order chi connectivity index (χ1) is 12.2. The molecule has 0 atom stereocenters. The van der Waals surface area contributed by atoms with Crippen molar-refractivity contribution >= 4 is 16.6 Å². The molecule has 0 radical (unpaired) electrons. The number of carbonyl (C=O) groups is 1. The summed E-state index contributed by atoms with van der Waals surface area (Å²) in [4.78, 5) is 17.0. The van der Waals surface area contributed by atoms with E-state index in [1.54, 1.807) is 30.5 Å². The highest BCUT2D eigenvalue weighted by atomic mass is 16.3. The smallest absolute Gasteiger partial charge is 0.198 e. The maximum absolute atomic E-state index is 12.5. The number of phenolic OH excluding ortho intramolecular Hbond substituents is 1. The van der Waals surface area contributed by atoms with Crippen LogP contribution in [0.2, 0.25) is 0 Å². The first-order valence-electron chi connectivity index (χ1n) is 8.01. The number of rotatable bonds is 3. The largest absolute Gasteiger partial charge is 0.507 e. The number of aromatic nitrogens is 1. The van der Waals surface area contributed by atoms with E-state index in [1.165, 1.54) is 6.07 Å². The molecule has 3 aromatic carbocycles. The topological polar surface area (TPSA) is 50.2 Å². The molecular formula is C22H15NO2. The molecule has 0 bridgehead atoms. The standard InChI is InChI=1S/C22H15NO2/c24-21-11-4-3-9-19(21)22(25)16-12-13-20(23-14-16)18-10-5-7-15-6-1-2-8-17(15)18/h1-14,24H. The van der Waals surface area contributed by atoms with Crippen molar-refractivity contribution in [2.45, 2.75) is 0 Å². The molecule has 4 rings (SSSR count). The van der Waals surface area contributed by atoms with Crippen LogP contribution in [0.15, 0.2) is 85.1 Å². The average molecular weight is 325 g/mol. The van der Waals surface area contributed by atoms with Crippen LogP contribution in [0.1, 0.15) is 15.9 Å². The highest BCUT2D eigenvalue weighted by Gasteiger charge is 2.14. The zero-order valence-corrected chi connectivity index (χ0v) is 13.4. The number of pyridine rings is 1. The van der Waals surface area contributed by atoms with Crippen molar-refractivity contribution in [3.8, 4) is 17.0 Å². The van der Waals surface area contributed by atoms with Crippen LogP contribution < -0.4 is 0 Å².